The molecular formula is C33H44N4O5. The van der Waals surface area contributed by atoms with Crippen LogP contribution in [0.4, 0.5) is 0 Å². The second-order valence-corrected chi connectivity index (χ2v) is 11.3. The predicted molar refractivity (Wildman–Crippen MR) is 162 cm³/mol. The number of carbonyl (C=O) groups is 4. The van der Waals surface area contributed by atoms with Gasteiger partial charge >= 0.3 is 5.97 Å². The number of methoxy groups -OCH3 is 1. The number of rotatable bonds is 11. The monoisotopic (exact) mass is 576 g/mol. The van der Waals surface area contributed by atoms with E-state index in [-0.39, 0.29) is 55.4 Å². The Kier molecular flexibility index (Phi) is 11.5. The van der Waals surface area contributed by atoms with E-state index < -0.39 is 5.97 Å². The highest BCUT2D eigenvalue weighted by Gasteiger charge is 2.34. The molecule has 9 nitrogen and oxygen atoms in total. The summed E-state index contributed by atoms with van der Waals surface area (Å²) >= 11 is 0. The first-order valence-corrected chi connectivity index (χ1v) is 15.2. The van der Waals surface area contributed by atoms with Crippen LogP contribution in [0.2, 0.25) is 0 Å². The van der Waals surface area contributed by atoms with Gasteiger partial charge in [0.05, 0.1) is 20.2 Å². The van der Waals surface area contributed by atoms with Gasteiger partial charge in [0.1, 0.15) is 0 Å². The van der Waals surface area contributed by atoms with Gasteiger partial charge in [0.15, 0.2) is 0 Å². The first-order chi connectivity index (χ1) is 20.4. The van der Waals surface area contributed by atoms with Crippen molar-refractivity contribution < 1.29 is 23.9 Å². The van der Waals surface area contributed by atoms with Gasteiger partial charge in [0, 0.05) is 43.7 Å². The van der Waals surface area contributed by atoms with Gasteiger partial charge in [-0.1, -0.05) is 67.8 Å². The van der Waals surface area contributed by atoms with E-state index in [0.717, 1.165) is 58.0 Å². The molecule has 4 rings (SSSR count). The van der Waals surface area contributed by atoms with Crippen molar-refractivity contribution in [2.75, 3.05) is 39.8 Å². The van der Waals surface area contributed by atoms with Crippen molar-refractivity contribution in [1.82, 2.24) is 20.4 Å². The summed E-state index contributed by atoms with van der Waals surface area (Å²) in [6.07, 6.45) is 9.28. The molecule has 42 heavy (non-hydrogen) atoms. The first kappa shape index (κ1) is 31.2. The van der Waals surface area contributed by atoms with E-state index in [9.17, 15) is 19.2 Å². The molecule has 2 aromatic rings. The summed E-state index contributed by atoms with van der Waals surface area (Å²) < 4.78 is 4.51. The maximum absolute atomic E-state index is 13.7. The molecule has 9 heteroatoms. The Hall–Kier alpha value is -3.72. The Morgan fingerprint density at radius 1 is 0.952 bits per heavy atom. The lowest BCUT2D eigenvalue weighted by Gasteiger charge is -2.42. The third-order valence-corrected chi connectivity index (χ3v) is 8.63. The van der Waals surface area contributed by atoms with Crippen LogP contribution in [-0.2, 0) is 23.9 Å². The zero-order valence-corrected chi connectivity index (χ0v) is 24.8. The zero-order chi connectivity index (χ0) is 29.9. The number of esters is 1. The lowest BCUT2D eigenvalue weighted by molar-refractivity contribution is -0.144. The standard InChI is InChI=1S/C33H44N4O5/c1-24(28-15-8-13-25-10-6-7-14-29(25)28)36-20-17-27(18-21-36)37(33(41)26-11-4-3-5-12-26)23-31(39)35-22-30(38)34-19-9-16-32(40)42-2/h6-10,13-16,24,26-27H,3-5,11-12,17-23H2,1-2H3,(H,34,38)(H,35,39)/b16-9+. The maximum Gasteiger partial charge on any atom is 0.330 e. The third kappa shape index (κ3) is 8.41. The van der Waals surface area contributed by atoms with E-state index in [4.69, 9.17) is 0 Å². The third-order valence-electron chi connectivity index (χ3n) is 8.63. The Morgan fingerprint density at radius 3 is 2.40 bits per heavy atom. The second kappa shape index (κ2) is 15.5. The summed E-state index contributed by atoms with van der Waals surface area (Å²) in [5, 5.41) is 7.78. The molecule has 0 aromatic heterocycles. The smallest absolute Gasteiger partial charge is 0.330 e. The van der Waals surface area contributed by atoms with Crippen LogP contribution >= 0.6 is 0 Å². The number of piperidine rings is 1. The Labute approximate surface area is 248 Å². The molecule has 1 aliphatic heterocycles. The second-order valence-electron chi connectivity index (χ2n) is 11.3. The highest BCUT2D eigenvalue weighted by molar-refractivity contribution is 5.89. The number of carbonyl (C=O) groups excluding carboxylic acids is 4. The average Bonchev–Trinajstić information content (AvgIpc) is 3.04. The molecule has 226 valence electrons. The molecule has 1 saturated carbocycles. The summed E-state index contributed by atoms with van der Waals surface area (Å²) in [4.78, 5) is 54.2. The number of hydrogen-bond acceptors (Lipinski definition) is 6. The topological polar surface area (TPSA) is 108 Å². The number of amides is 3. The Bertz CT molecular complexity index is 1260. The van der Waals surface area contributed by atoms with Crippen molar-refractivity contribution in [1.29, 1.82) is 0 Å². The van der Waals surface area contributed by atoms with Crippen LogP contribution in [0.3, 0.4) is 0 Å². The fraction of sp³-hybridized carbons (Fsp3) is 0.515. The number of nitrogens with one attached hydrogen (secondary N) is 2. The fourth-order valence-corrected chi connectivity index (χ4v) is 6.22. The minimum absolute atomic E-state index is 0.0153. The quantitative estimate of drug-likeness (QED) is 0.312. The molecule has 2 fully saturated rings. The molecule has 1 aliphatic carbocycles. The summed E-state index contributed by atoms with van der Waals surface area (Å²) in [6, 6.07) is 15.1. The molecule has 0 radical (unpaired) electrons. The number of hydrogen-bond donors (Lipinski definition) is 2. The highest BCUT2D eigenvalue weighted by Crippen LogP contribution is 2.32. The van der Waals surface area contributed by atoms with E-state index >= 15 is 0 Å². The van der Waals surface area contributed by atoms with Crippen LogP contribution in [0, 0.1) is 5.92 Å². The van der Waals surface area contributed by atoms with Crippen LogP contribution in [0.15, 0.2) is 54.6 Å². The molecule has 0 spiro atoms. The Balaban J connectivity index is 1.35. The van der Waals surface area contributed by atoms with E-state index in [1.165, 1.54) is 35.6 Å². The van der Waals surface area contributed by atoms with Gasteiger partial charge in [-0.2, -0.15) is 0 Å². The molecule has 2 aromatic carbocycles. The van der Waals surface area contributed by atoms with Gasteiger partial charge in [-0.15, -0.1) is 0 Å². The molecule has 0 bridgehead atoms. The van der Waals surface area contributed by atoms with Crippen molar-refractivity contribution in [3.63, 3.8) is 0 Å². The SMILES string of the molecule is COC(=O)/C=C/CNC(=O)CNC(=O)CN(C(=O)C1CCCCC1)C1CCN(C(C)c2cccc3ccccc23)CC1. The van der Waals surface area contributed by atoms with Crippen LogP contribution in [0.25, 0.3) is 10.8 Å². The lowest BCUT2D eigenvalue weighted by Crippen LogP contribution is -2.53. The molecule has 1 saturated heterocycles. The number of benzene rings is 2. The van der Waals surface area contributed by atoms with Gasteiger partial charge < -0.3 is 20.3 Å². The zero-order valence-electron chi connectivity index (χ0n) is 24.8. The van der Waals surface area contributed by atoms with Crippen molar-refractivity contribution in [2.45, 2.75) is 64.0 Å². The molecule has 2 N–H and O–H groups in total. The van der Waals surface area contributed by atoms with E-state index in [2.05, 4.69) is 69.7 Å². The summed E-state index contributed by atoms with van der Waals surface area (Å²) in [5.74, 6) is -1.19. The highest BCUT2D eigenvalue weighted by atomic mass is 16.5. The van der Waals surface area contributed by atoms with Crippen LogP contribution in [0.5, 0.6) is 0 Å². The number of fused-ring (bicyclic) bond motifs is 1. The fourth-order valence-electron chi connectivity index (χ4n) is 6.22. The van der Waals surface area contributed by atoms with Crippen molar-refractivity contribution in [3.05, 3.63) is 60.2 Å². The van der Waals surface area contributed by atoms with E-state index in [1.807, 2.05) is 0 Å². The van der Waals surface area contributed by atoms with Gasteiger partial charge in [0.2, 0.25) is 17.7 Å². The number of likely N-dealkylation sites (tertiary alicyclic amines) is 1. The van der Waals surface area contributed by atoms with Gasteiger partial charge in [-0.3, -0.25) is 19.3 Å². The largest absolute Gasteiger partial charge is 0.466 e. The molecule has 1 atom stereocenters. The summed E-state index contributed by atoms with van der Waals surface area (Å²) in [5.41, 5.74) is 1.31. The van der Waals surface area contributed by atoms with Crippen LogP contribution < -0.4 is 10.6 Å². The summed E-state index contributed by atoms with van der Waals surface area (Å²) in [6.45, 7) is 3.83. The van der Waals surface area contributed by atoms with Gasteiger partial charge in [-0.25, -0.2) is 4.79 Å². The normalized spacial score (nSPS) is 17.6. The molecular weight excluding hydrogens is 532 g/mol. The lowest BCUT2D eigenvalue weighted by atomic mass is 9.87. The molecule has 3 amide bonds. The minimum Gasteiger partial charge on any atom is -0.466 e. The molecule has 1 unspecified atom stereocenters. The van der Waals surface area contributed by atoms with E-state index in [0.29, 0.717) is 0 Å². The number of ether oxygens (including phenoxy) is 1. The van der Waals surface area contributed by atoms with Crippen molar-refractivity contribution in [3.8, 4) is 0 Å². The van der Waals surface area contributed by atoms with E-state index in [1.54, 1.807) is 4.90 Å². The predicted octanol–water partition coefficient (Wildman–Crippen LogP) is 3.74. The first-order valence-electron chi connectivity index (χ1n) is 15.2. The van der Waals surface area contributed by atoms with Crippen molar-refractivity contribution in [2.24, 2.45) is 5.92 Å². The van der Waals surface area contributed by atoms with Gasteiger partial charge in [-0.05, 0) is 48.9 Å². The minimum atomic E-state index is -0.505. The van der Waals surface area contributed by atoms with Crippen LogP contribution in [0.1, 0.15) is 63.5 Å². The van der Waals surface area contributed by atoms with Crippen molar-refractivity contribution >= 4 is 34.5 Å². The Morgan fingerprint density at radius 2 is 1.67 bits per heavy atom. The van der Waals surface area contributed by atoms with Crippen LogP contribution in [-0.4, -0.2) is 79.4 Å². The molecule has 2 aliphatic rings. The molecule has 1 heterocycles. The number of nitrogens with zero attached hydrogens (tertiary/aromatic N) is 2. The maximum atomic E-state index is 13.7. The summed E-state index contributed by atoms with van der Waals surface area (Å²) in [7, 11) is 1.28. The average molecular weight is 577 g/mol. The van der Waals surface area contributed by atoms with Gasteiger partial charge in [0.25, 0.3) is 0 Å².